The maximum Gasteiger partial charge on any atom is 0.130 e. The first-order chi connectivity index (χ1) is 6.04. The van der Waals surface area contributed by atoms with Crippen molar-refractivity contribution in [1.29, 1.82) is 0 Å². The monoisotopic (exact) mass is 256 g/mol. The lowest BCUT2D eigenvalue weighted by Gasteiger charge is -2.03. The highest BCUT2D eigenvalue weighted by Crippen LogP contribution is 1.77. The Morgan fingerprint density at radius 2 is 1.23 bits per heavy atom. The number of thiocarbonyl (C=S) groups is 2. The summed E-state index contributed by atoms with van der Waals surface area (Å²) >= 11 is 17.0. The molecule has 0 aliphatic heterocycles. The quantitative estimate of drug-likeness (QED) is 0.353. The Bertz CT molecular complexity index is 133. The molecule has 0 atom stereocenters. The van der Waals surface area contributed by atoms with Gasteiger partial charge in [-0.05, 0) is 0 Å². The van der Waals surface area contributed by atoms with Crippen LogP contribution < -0.4 is 10.6 Å². The zero-order chi connectivity index (χ0) is 10.7. The number of nitrogens with one attached hydrogen (secondary N) is 2. The fourth-order valence-electron chi connectivity index (χ4n) is 0.339. The lowest BCUT2D eigenvalue weighted by molar-refractivity contribution is 0.834. The summed E-state index contributed by atoms with van der Waals surface area (Å²) in [6.07, 6.45) is 1.25. The summed E-state index contributed by atoms with van der Waals surface area (Å²) in [6, 6.07) is 0. The first-order valence-corrected chi connectivity index (χ1v) is 5.69. The van der Waals surface area contributed by atoms with E-state index < -0.39 is 0 Å². The Balaban J connectivity index is 0. The van der Waals surface area contributed by atoms with Crippen molar-refractivity contribution >= 4 is 58.3 Å². The Morgan fingerprint density at radius 3 is 1.38 bits per heavy atom. The molecule has 2 nitrogen and oxygen atoms in total. The molecule has 0 aromatic carbocycles. The molecule has 0 saturated heterocycles. The van der Waals surface area contributed by atoms with Crippen LogP contribution in [0.3, 0.4) is 0 Å². The maximum atomic E-state index is 4.65. The molecule has 0 aromatic heterocycles. The Labute approximate surface area is 102 Å². The van der Waals surface area contributed by atoms with Crippen LogP contribution in [0.4, 0.5) is 0 Å². The molecule has 0 spiro atoms. The van der Waals surface area contributed by atoms with Crippen LogP contribution in [-0.2, 0) is 0 Å². The zero-order valence-electron chi connectivity index (χ0n) is 7.83. The van der Waals surface area contributed by atoms with Crippen molar-refractivity contribution in [2.24, 2.45) is 0 Å². The van der Waals surface area contributed by atoms with E-state index in [0.717, 1.165) is 0 Å². The molecule has 0 saturated carbocycles. The van der Waals surface area contributed by atoms with Gasteiger partial charge in [0.15, 0.2) is 0 Å². The van der Waals surface area contributed by atoms with E-state index >= 15 is 0 Å². The van der Waals surface area contributed by atoms with E-state index in [2.05, 4.69) is 74.2 Å². The highest BCUT2D eigenvalue weighted by molar-refractivity contribution is 8.11. The van der Waals surface area contributed by atoms with E-state index in [0.29, 0.717) is 21.7 Å². The third-order valence-electron chi connectivity index (χ3n) is 0.677. The predicted octanol–water partition coefficient (Wildman–Crippen LogP) is 2.01. The second-order valence-electron chi connectivity index (χ2n) is 2.17. The first kappa shape index (κ1) is 15.9. The zero-order valence-corrected chi connectivity index (χ0v) is 11.3. The van der Waals surface area contributed by atoms with E-state index in [4.69, 9.17) is 0 Å². The van der Waals surface area contributed by atoms with Gasteiger partial charge in [0.25, 0.3) is 0 Å². The number of hydrogen-bond donors (Lipinski definition) is 4. The SMILES string of the molecule is CCC.S=C(S)NCCNC(=S)S. The van der Waals surface area contributed by atoms with Crippen LogP contribution in [0.2, 0.25) is 0 Å². The van der Waals surface area contributed by atoms with Crippen LogP contribution >= 0.6 is 49.7 Å². The molecule has 0 fully saturated rings. The predicted molar refractivity (Wildman–Crippen MR) is 75.1 cm³/mol. The molecule has 0 heterocycles. The molecule has 0 aliphatic carbocycles. The molecule has 0 rings (SSSR count). The van der Waals surface area contributed by atoms with E-state index in [-0.39, 0.29) is 0 Å². The van der Waals surface area contributed by atoms with Crippen LogP contribution in [-0.4, -0.2) is 21.7 Å². The summed E-state index contributed by atoms with van der Waals surface area (Å²) in [7, 11) is 0. The van der Waals surface area contributed by atoms with Gasteiger partial charge in [0.2, 0.25) is 0 Å². The minimum Gasteiger partial charge on any atom is -0.369 e. The van der Waals surface area contributed by atoms with Gasteiger partial charge in [0, 0.05) is 13.1 Å². The minimum atomic E-state index is 0.492. The highest BCUT2D eigenvalue weighted by Gasteiger charge is 1.87. The molecule has 13 heavy (non-hydrogen) atoms. The Morgan fingerprint density at radius 1 is 1.00 bits per heavy atom. The third kappa shape index (κ3) is 24.5. The molecular formula is C7H16N2S4. The van der Waals surface area contributed by atoms with Gasteiger partial charge in [-0.15, -0.1) is 25.3 Å². The topological polar surface area (TPSA) is 24.1 Å². The van der Waals surface area contributed by atoms with Crippen molar-refractivity contribution in [3.63, 3.8) is 0 Å². The normalized spacial score (nSPS) is 8.00. The average molecular weight is 256 g/mol. The van der Waals surface area contributed by atoms with Gasteiger partial charge in [0.1, 0.15) is 8.64 Å². The summed E-state index contributed by atoms with van der Waals surface area (Å²) in [4.78, 5) is 0. The van der Waals surface area contributed by atoms with Crippen LogP contribution in [0.25, 0.3) is 0 Å². The summed E-state index contributed by atoms with van der Waals surface area (Å²) < 4.78 is 0.985. The summed E-state index contributed by atoms with van der Waals surface area (Å²) in [5.74, 6) is 0. The van der Waals surface area contributed by atoms with Crippen molar-refractivity contribution in [1.82, 2.24) is 10.6 Å². The van der Waals surface area contributed by atoms with Gasteiger partial charge in [-0.1, -0.05) is 44.7 Å². The Kier molecular flexibility index (Phi) is 15.3. The van der Waals surface area contributed by atoms with Crippen LogP contribution in [0.1, 0.15) is 20.3 Å². The summed E-state index contributed by atoms with van der Waals surface area (Å²) in [5, 5.41) is 5.68. The second kappa shape index (κ2) is 12.5. The van der Waals surface area contributed by atoms with E-state index in [1.165, 1.54) is 6.42 Å². The molecule has 0 amide bonds. The van der Waals surface area contributed by atoms with E-state index in [9.17, 15) is 0 Å². The van der Waals surface area contributed by atoms with Gasteiger partial charge in [-0.3, -0.25) is 0 Å². The van der Waals surface area contributed by atoms with Gasteiger partial charge in [-0.2, -0.15) is 0 Å². The molecule has 0 unspecified atom stereocenters. The number of thiol groups is 2. The molecule has 2 N–H and O–H groups in total. The van der Waals surface area contributed by atoms with Crippen molar-refractivity contribution in [2.45, 2.75) is 20.3 Å². The van der Waals surface area contributed by atoms with Crippen molar-refractivity contribution < 1.29 is 0 Å². The second-order valence-corrected chi connectivity index (χ2v) is 4.49. The standard InChI is InChI=1S/C4H8N2S4.C3H8/c7-3(8)5-1-2-6-4(9)10;1-3-2/h1-2H2,(H2,5,7,8)(H2,6,9,10);3H2,1-2H3. The van der Waals surface area contributed by atoms with E-state index in [1.54, 1.807) is 0 Å². The van der Waals surface area contributed by atoms with E-state index in [1.807, 2.05) is 0 Å². The van der Waals surface area contributed by atoms with Gasteiger partial charge in [-0.25, -0.2) is 0 Å². The van der Waals surface area contributed by atoms with Crippen LogP contribution in [0.15, 0.2) is 0 Å². The van der Waals surface area contributed by atoms with Crippen molar-refractivity contribution in [2.75, 3.05) is 13.1 Å². The lowest BCUT2D eigenvalue weighted by atomic mass is 10.6. The highest BCUT2D eigenvalue weighted by atomic mass is 32.1. The maximum absolute atomic E-state index is 4.65. The first-order valence-electron chi connectivity index (χ1n) is 3.98. The number of hydrogen-bond acceptors (Lipinski definition) is 2. The smallest absolute Gasteiger partial charge is 0.130 e. The Hall–Kier alpha value is 0.480. The minimum absolute atomic E-state index is 0.492. The van der Waals surface area contributed by atoms with Gasteiger partial charge >= 0.3 is 0 Å². The molecule has 78 valence electrons. The molecule has 0 bridgehead atoms. The lowest BCUT2D eigenvalue weighted by Crippen LogP contribution is -2.29. The fraction of sp³-hybridized carbons (Fsp3) is 0.714. The molecule has 0 aromatic rings. The molecule has 0 radical (unpaired) electrons. The molecule has 0 aliphatic rings. The van der Waals surface area contributed by atoms with Gasteiger partial charge < -0.3 is 10.6 Å². The number of rotatable bonds is 3. The van der Waals surface area contributed by atoms with Crippen LogP contribution in [0, 0.1) is 0 Å². The molecule has 6 heteroatoms. The van der Waals surface area contributed by atoms with Crippen LogP contribution in [0.5, 0.6) is 0 Å². The largest absolute Gasteiger partial charge is 0.369 e. The average Bonchev–Trinajstić information content (AvgIpc) is 1.99. The molecular weight excluding hydrogens is 240 g/mol. The third-order valence-corrected chi connectivity index (χ3v) is 1.28. The van der Waals surface area contributed by atoms with Crippen molar-refractivity contribution in [3.05, 3.63) is 0 Å². The summed E-state index contributed by atoms with van der Waals surface area (Å²) in [6.45, 7) is 5.67. The fourth-order valence-corrected chi connectivity index (χ4v) is 0.767. The summed E-state index contributed by atoms with van der Waals surface area (Å²) in [5.41, 5.74) is 0. The van der Waals surface area contributed by atoms with Gasteiger partial charge in [0.05, 0.1) is 0 Å². The van der Waals surface area contributed by atoms with Crippen molar-refractivity contribution in [3.8, 4) is 0 Å².